The standard InChI is InChI=1S/C22H46O4S.Na/c1-3-5-7-9-11-13-15-17-19-22(21-26-27(23,24)25)20-18-16-14-12-10-8-6-4-2;/h22H,3-21H2,1-2H3,(H,23,24,25);/q;+1/p-1. The molecular weight excluding hydrogens is 383 g/mol. The van der Waals surface area contributed by atoms with E-state index < -0.39 is 10.4 Å². The summed E-state index contributed by atoms with van der Waals surface area (Å²) in [6, 6.07) is 0. The van der Waals surface area contributed by atoms with E-state index in [2.05, 4.69) is 18.0 Å². The first-order valence-corrected chi connectivity index (χ1v) is 12.9. The van der Waals surface area contributed by atoms with Gasteiger partial charge in [0, 0.05) is 0 Å². The van der Waals surface area contributed by atoms with Crippen LogP contribution in [-0.4, -0.2) is 19.6 Å². The summed E-state index contributed by atoms with van der Waals surface area (Å²) in [5.74, 6) is 0.203. The van der Waals surface area contributed by atoms with Crippen LogP contribution >= 0.6 is 0 Å². The van der Waals surface area contributed by atoms with Crippen LogP contribution in [-0.2, 0) is 14.6 Å². The van der Waals surface area contributed by atoms with Crippen molar-refractivity contribution in [3.05, 3.63) is 0 Å². The molecule has 4 nitrogen and oxygen atoms in total. The zero-order valence-electron chi connectivity index (χ0n) is 19.1. The SMILES string of the molecule is CCCCCCCCCCC(CCCCCCCCCC)COS(=O)(=O)[O-].[Na+]. The zero-order valence-corrected chi connectivity index (χ0v) is 21.9. The summed E-state index contributed by atoms with van der Waals surface area (Å²) in [5.41, 5.74) is 0. The van der Waals surface area contributed by atoms with Gasteiger partial charge in [-0.2, -0.15) is 0 Å². The Hall–Kier alpha value is 0.870. The van der Waals surface area contributed by atoms with Gasteiger partial charge in [0.2, 0.25) is 10.4 Å². The molecule has 0 aromatic heterocycles. The van der Waals surface area contributed by atoms with Crippen molar-refractivity contribution < 1.29 is 46.7 Å². The third kappa shape index (κ3) is 24.9. The predicted octanol–water partition coefficient (Wildman–Crippen LogP) is 4.15. The molecule has 0 saturated heterocycles. The minimum Gasteiger partial charge on any atom is -0.726 e. The molecule has 0 rings (SSSR count). The Balaban J connectivity index is 0. The third-order valence-electron chi connectivity index (χ3n) is 5.38. The molecule has 0 N–H and O–H groups in total. The fourth-order valence-electron chi connectivity index (χ4n) is 3.62. The minimum atomic E-state index is -4.57. The number of rotatable bonds is 21. The predicted molar refractivity (Wildman–Crippen MR) is 114 cm³/mol. The summed E-state index contributed by atoms with van der Waals surface area (Å²) < 4.78 is 36.8. The van der Waals surface area contributed by atoms with Crippen LogP contribution in [0.25, 0.3) is 0 Å². The van der Waals surface area contributed by atoms with Crippen molar-refractivity contribution in [2.45, 2.75) is 129 Å². The van der Waals surface area contributed by atoms with Crippen LogP contribution in [0.1, 0.15) is 129 Å². The molecule has 0 spiro atoms. The molecule has 0 aliphatic rings. The van der Waals surface area contributed by atoms with Gasteiger partial charge in [-0.15, -0.1) is 0 Å². The van der Waals surface area contributed by atoms with Gasteiger partial charge in [-0.3, -0.25) is 4.18 Å². The molecule has 0 amide bonds. The fraction of sp³-hybridized carbons (Fsp3) is 1.00. The first-order chi connectivity index (χ1) is 13.0. The zero-order chi connectivity index (χ0) is 20.2. The molecule has 28 heavy (non-hydrogen) atoms. The minimum absolute atomic E-state index is 0. The van der Waals surface area contributed by atoms with E-state index in [1.165, 1.54) is 89.9 Å². The van der Waals surface area contributed by atoms with Crippen molar-refractivity contribution in [2.24, 2.45) is 5.92 Å². The first kappa shape index (κ1) is 31.1. The molecule has 0 aromatic carbocycles. The monoisotopic (exact) mass is 428 g/mol. The molecular formula is C22H45NaO4S. The van der Waals surface area contributed by atoms with Crippen LogP contribution < -0.4 is 29.6 Å². The van der Waals surface area contributed by atoms with Crippen LogP contribution in [0.5, 0.6) is 0 Å². The van der Waals surface area contributed by atoms with Gasteiger partial charge in [0.1, 0.15) is 0 Å². The summed E-state index contributed by atoms with van der Waals surface area (Å²) in [6.07, 6.45) is 22.2. The summed E-state index contributed by atoms with van der Waals surface area (Å²) in [5, 5.41) is 0. The Morgan fingerprint density at radius 2 is 0.964 bits per heavy atom. The van der Waals surface area contributed by atoms with Crippen molar-refractivity contribution in [1.29, 1.82) is 0 Å². The summed E-state index contributed by atoms with van der Waals surface area (Å²) in [7, 11) is -4.57. The van der Waals surface area contributed by atoms with Crippen molar-refractivity contribution >= 4 is 10.4 Å². The first-order valence-electron chi connectivity index (χ1n) is 11.6. The van der Waals surface area contributed by atoms with Crippen LogP contribution in [0, 0.1) is 5.92 Å². The van der Waals surface area contributed by atoms with E-state index in [1.54, 1.807) is 0 Å². The Morgan fingerprint density at radius 1 is 0.643 bits per heavy atom. The van der Waals surface area contributed by atoms with Gasteiger partial charge in [0.05, 0.1) is 6.61 Å². The van der Waals surface area contributed by atoms with E-state index in [9.17, 15) is 13.0 Å². The van der Waals surface area contributed by atoms with Crippen LogP contribution in [0.2, 0.25) is 0 Å². The van der Waals surface area contributed by atoms with E-state index >= 15 is 0 Å². The molecule has 0 aliphatic carbocycles. The quantitative estimate of drug-likeness (QED) is 0.119. The molecule has 164 valence electrons. The molecule has 0 heterocycles. The fourth-order valence-corrected chi connectivity index (χ4v) is 3.98. The van der Waals surface area contributed by atoms with Gasteiger partial charge in [0.25, 0.3) is 0 Å². The maximum Gasteiger partial charge on any atom is 1.00 e. The maximum atomic E-state index is 10.8. The normalized spacial score (nSPS) is 11.7. The van der Waals surface area contributed by atoms with Gasteiger partial charge >= 0.3 is 29.6 Å². The average molecular weight is 429 g/mol. The Bertz CT molecular complexity index is 381. The molecule has 0 radical (unpaired) electrons. The summed E-state index contributed by atoms with van der Waals surface area (Å²) in [6.45, 7) is 4.53. The number of hydrogen-bond acceptors (Lipinski definition) is 4. The number of unbranched alkanes of at least 4 members (excludes halogenated alkanes) is 14. The molecule has 0 atom stereocenters. The van der Waals surface area contributed by atoms with E-state index in [0.717, 1.165) is 25.7 Å². The van der Waals surface area contributed by atoms with Gasteiger partial charge in [-0.25, -0.2) is 8.42 Å². The molecule has 6 heteroatoms. The van der Waals surface area contributed by atoms with Gasteiger partial charge in [-0.1, -0.05) is 117 Å². The van der Waals surface area contributed by atoms with E-state index in [-0.39, 0.29) is 42.1 Å². The van der Waals surface area contributed by atoms with Crippen molar-refractivity contribution in [2.75, 3.05) is 6.61 Å². The largest absolute Gasteiger partial charge is 1.00 e. The smallest absolute Gasteiger partial charge is 0.726 e. The topological polar surface area (TPSA) is 66.4 Å². The third-order valence-corrected chi connectivity index (χ3v) is 5.80. The Morgan fingerprint density at radius 3 is 1.29 bits per heavy atom. The Kier molecular flexibility index (Phi) is 25.0. The Labute approximate surface area is 198 Å². The van der Waals surface area contributed by atoms with Crippen molar-refractivity contribution in [3.63, 3.8) is 0 Å². The van der Waals surface area contributed by atoms with Crippen LogP contribution in [0.3, 0.4) is 0 Å². The molecule has 0 aromatic rings. The maximum absolute atomic E-state index is 10.8. The summed E-state index contributed by atoms with van der Waals surface area (Å²) in [4.78, 5) is 0. The molecule has 0 fully saturated rings. The van der Waals surface area contributed by atoms with Gasteiger partial charge in [-0.05, 0) is 18.8 Å². The number of hydrogen-bond donors (Lipinski definition) is 0. The van der Waals surface area contributed by atoms with E-state index in [0.29, 0.717) is 0 Å². The van der Waals surface area contributed by atoms with Crippen molar-refractivity contribution in [3.8, 4) is 0 Å². The molecule has 0 aliphatic heterocycles. The van der Waals surface area contributed by atoms with Gasteiger partial charge < -0.3 is 4.55 Å². The molecule has 0 bridgehead atoms. The van der Waals surface area contributed by atoms with Crippen molar-refractivity contribution in [1.82, 2.24) is 0 Å². The van der Waals surface area contributed by atoms with E-state index in [1.807, 2.05) is 0 Å². The average Bonchev–Trinajstić information content (AvgIpc) is 2.62. The van der Waals surface area contributed by atoms with Gasteiger partial charge in [0.15, 0.2) is 0 Å². The molecule has 0 unspecified atom stereocenters. The van der Waals surface area contributed by atoms with Crippen LogP contribution in [0.15, 0.2) is 0 Å². The second kappa shape index (κ2) is 22.6. The summed E-state index contributed by atoms with van der Waals surface area (Å²) >= 11 is 0. The second-order valence-electron chi connectivity index (χ2n) is 8.09. The molecule has 0 saturated carbocycles. The second-order valence-corrected chi connectivity index (χ2v) is 9.14. The van der Waals surface area contributed by atoms with E-state index in [4.69, 9.17) is 0 Å². The van der Waals surface area contributed by atoms with Crippen LogP contribution in [0.4, 0.5) is 0 Å².